The second-order valence-corrected chi connectivity index (χ2v) is 4.93. The lowest BCUT2D eigenvalue weighted by Crippen LogP contribution is -2.32. The Balaban J connectivity index is 1.72. The summed E-state index contributed by atoms with van der Waals surface area (Å²) in [6, 6.07) is 14.9. The maximum absolute atomic E-state index is 12.2. The molecular weight excluding hydrogens is 260 g/mol. The molecule has 1 heterocycles. The fourth-order valence-electron chi connectivity index (χ4n) is 2.24. The number of halogens is 1. The van der Waals surface area contributed by atoms with Crippen LogP contribution in [0.2, 0.25) is 5.02 Å². The highest BCUT2D eigenvalue weighted by atomic mass is 35.5. The number of benzene rings is 2. The lowest BCUT2D eigenvalue weighted by molar-refractivity contribution is -0.116. The zero-order chi connectivity index (χ0) is 13.2. The third-order valence-electron chi connectivity index (χ3n) is 3.22. The smallest absolute Gasteiger partial charge is 0.247 e. The van der Waals surface area contributed by atoms with Crippen molar-refractivity contribution in [3.05, 3.63) is 59.1 Å². The lowest BCUT2D eigenvalue weighted by Gasteiger charge is -2.12. The van der Waals surface area contributed by atoms with Gasteiger partial charge in [0.2, 0.25) is 5.91 Å². The average molecular weight is 273 g/mol. The van der Waals surface area contributed by atoms with Crippen LogP contribution >= 0.6 is 11.6 Å². The van der Waals surface area contributed by atoms with Crippen LogP contribution in [-0.4, -0.2) is 11.9 Å². The van der Waals surface area contributed by atoms with Gasteiger partial charge >= 0.3 is 0 Å². The number of nitrogens with one attached hydrogen (secondary N) is 2. The van der Waals surface area contributed by atoms with Gasteiger partial charge in [-0.15, -0.1) is 0 Å². The van der Waals surface area contributed by atoms with Crippen LogP contribution in [0.3, 0.4) is 0 Å². The molecule has 1 aliphatic rings. The van der Waals surface area contributed by atoms with Crippen molar-refractivity contribution in [1.82, 2.24) is 0 Å². The van der Waals surface area contributed by atoms with E-state index in [2.05, 4.69) is 10.6 Å². The zero-order valence-corrected chi connectivity index (χ0v) is 10.9. The molecule has 2 aromatic carbocycles. The van der Waals surface area contributed by atoms with Crippen molar-refractivity contribution in [2.45, 2.75) is 12.5 Å². The van der Waals surface area contributed by atoms with E-state index in [4.69, 9.17) is 11.6 Å². The number of para-hydroxylation sites is 2. The third kappa shape index (κ3) is 2.42. The van der Waals surface area contributed by atoms with Gasteiger partial charge < -0.3 is 10.6 Å². The van der Waals surface area contributed by atoms with Crippen molar-refractivity contribution in [2.24, 2.45) is 0 Å². The van der Waals surface area contributed by atoms with Gasteiger partial charge in [0, 0.05) is 12.1 Å². The molecule has 0 aromatic heterocycles. The van der Waals surface area contributed by atoms with E-state index < -0.39 is 0 Å². The van der Waals surface area contributed by atoms with Crippen LogP contribution in [-0.2, 0) is 11.2 Å². The summed E-state index contributed by atoms with van der Waals surface area (Å²) >= 11 is 6.03. The first-order valence-corrected chi connectivity index (χ1v) is 6.51. The minimum atomic E-state index is -0.242. The highest BCUT2D eigenvalue weighted by Crippen LogP contribution is 2.27. The van der Waals surface area contributed by atoms with E-state index >= 15 is 0 Å². The molecule has 3 rings (SSSR count). The largest absolute Gasteiger partial charge is 0.373 e. The van der Waals surface area contributed by atoms with E-state index in [-0.39, 0.29) is 11.9 Å². The van der Waals surface area contributed by atoms with Gasteiger partial charge in [0.25, 0.3) is 0 Å². The number of rotatable bonds is 2. The molecule has 2 aromatic rings. The molecule has 3 nitrogen and oxygen atoms in total. The molecule has 0 spiro atoms. The van der Waals surface area contributed by atoms with Gasteiger partial charge in [-0.25, -0.2) is 0 Å². The Morgan fingerprint density at radius 3 is 2.68 bits per heavy atom. The van der Waals surface area contributed by atoms with Crippen LogP contribution in [0, 0.1) is 0 Å². The molecule has 1 aliphatic heterocycles. The Morgan fingerprint density at radius 2 is 1.89 bits per heavy atom. The molecule has 1 amide bonds. The summed E-state index contributed by atoms with van der Waals surface area (Å²) < 4.78 is 0. The first-order valence-electron chi connectivity index (χ1n) is 6.14. The SMILES string of the molecule is O=C(Nc1ccccc1Cl)[C@@H]1Cc2ccccc2N1. The quantitative estimate of drug-likeness (QED) is 0.881. The monoisotopic (exact) mass is 272 g/mol. The van der Waals surface area contributed by atoms with Gasteiger partial charge in [0.15, 0.2) is 0 Å². The standard InChI is InChI=1S/C15H13ClN2O/c16-11-6-2-4-8-13(11)18-15(19)14-9-10-5-1-3-7-12(10)17-14/h1-8,14,17H,9H2,(H,18,19)/t14-/m0/s1. The first-order chi connectivity index (χ1) is 9.24. The van der Waals surface area contributed by atoms with Gasteiger partial charge in [-0.2, -0.15) is 0 Å². The molecule has 4 heteroatoms. The van der Waals surface area contributed by atoms with E-state index in [0.717, 1.165) is 5.69 Å². The minimum Gasteiger partial charge on any atom is -0.373 e. The molecule has 0 saturated carbocycles. The van der Waals surface area contributed by atoms with Crippen molar-refractivity contribution >= 4 is 28.9 Å². The number of hydrogen-bond acceptors (Lipinski definition) is 2. The summed E-state index contributed by atoms with van der Waals surface area (Å²) in [6.45, 7) is 0. The molecular formula is C15H13ClN2O. The van der Waals surface area contributed by atoms with E-state index in [0.29, 0.717) is 17.1 Å². The van der Waals surface area contributed by atoms with Crippen LogP contribution in [0.5, 0.6) is 0 Å². The topological polar surface area (TPSA) is 41.1 Å². The summed E-state index contributed by atoms with van der Waals surface area (Å²) in [5.74, 6) is -0.0655. The molecule has 0 unspecified atom stereocenters. The van der Waals surface area contributed by atoms with Gasteiger partial charge in [0.05, 0.1) is 10.7 Å². The number of anilines is 2. The predicted octanol–water partition coefficient (Wildman–Crippen LogP) is 3.32. The third-order valence-corrected chi connectivity index (χ3v) is 3.55. The second kappa shape index (κ2) is 4.94. The minimum absolute atomic E-state index is 0.0655. The molecule has 0 radical (unpaired) electrons. The fraction of sp³-hybridized carbons (Fsp3) is 0.133. The number of carbonyl (C=O) groups is 1. The zero-order valence-electron chi connectivity index (χ0n) is 10.2. The van der Waals surface area contributed by atoms with Crippen molar-refractivity contribution in [3.63, 3.8) is 0 Å². The van der Waals surface area contributed by atoms with Crippen LogP contribution in [0.4, 0.5) is 11.4 Å². The van der Waals surface area contributed by atoms with Crippen molar-refractivity contribution in [3.8, 4) is 0 Å². The molecule has 0 fully saturated rings. The summed E-state index contributed by atoms with van der Waals surface area (Å²) in [5.41, 5.74) is 2.84. The van der Waals surface area contributed by atoms with Gasteiger partial charge in [-0.1, -0.05) is 41.9 Å². The van der Waals surface area contributed by atoms with E-state index in [1.165, 1.54) is 5.56 Å². The molecule has 0 bridgehead atoms. The maximum atomic E-state index is 12.2. The van der Waals surface area contributed by atoms with Crippen molar-refractivity contribution < 1.29 is 4.79 Å². The van der Waals surface area contributed by atoms with Crippen LogP contribution in [0.25, 0.3) is 0 Å². The van der Waals surface area contributed by atoms with Gasteiger partial charge in [-0.05, 0) is 23.8 Å². The number of carbonyl (C=O) groups excluding carboxylic acids is 1. The Labute approximate surface area is 116 Å². The van der Waals surface area contributed by atoms with Crippen LogP contribution in [0.1, 0.15) is 5.56 Å². The normalized spacial score (nSPS) is 16.6. The molecule has 2 N–H and O–H groups in total. The summed E-state index contributed by atoms with van der Waals surface area (Å²) in [4.78, 5) is 12.2. The van der Waals surface area contributed by atoms with Gasteiger partial charge in [0.1, 0.15) is 6.04 Å². The molecule has 0 saturated heterocycles. The van der Waals surface area contributed by atoms with Crippen LogP contribution in [0.15, 0.2) is 48.5 Å². The number of amides is 1. The fourth-order valence-corrected chi connectivity index (χ4v) is 2.42. The number of fused-ring (bicyclic) bond motifs is 1. The average Bonchev–Trinajstić information content (AvgIpc) is 2.85. The highest BCUT2D eigenvalue weighted by molar-refractivity contribution is 6.33. The Hall–Kier alpha value is -2.00. The second-order valence-electron chi connectivity index (χ2n) is 4.53. The summed E-state index contributed by atoms with van der Waals surface area (Å²) in [5, 5.41) is 6.62. The molecule has 1 atom stereocenters. The highest BCUT2D eigenvalue weighted by Gasteiger charge is 2.26. The van der Waals surface area contributed by atoms with E-state index in [9.17, 15) is 4.79 Å². The molecule has 0 aliphatic carbocycles. The van der Waals surface area contributed by atoms with E-state index in [1.54, 1.807) is 12.1 Å². The first kappa shape index (κ1) is 12.1. The summed E-state index contributed by atoms with van der Waals surface area (Å²) in [6.07, 6.45) is 0.701. The predicted molar refractivity (Wildman–Crippen MR) is 77.6 cm³/mol. The Bertz CT molecular complexity index is 602. The number of hydrogen-bond donors (Lipinski definition) is 2. The van der Waals surface area contributed by atoms with E-state index in [1.807, 2.05) is 36.4 Å². The van der Waals surface area contributed by atoms with Crippen molar-refractivity contribution in [1.29, 1.82) is 0 Å². The van der Waals surface area contributed by atoms with Crippen LogP contribution < -0.4 is 10.6 Å². The summed E-state index contributed by atoms with van der Waals surface area (Å²) in [7, 11) is 0. The molecule has 19 heavy (non-hydrogen) atoms. The van der Waals surface area contributed by atoms with Crippen molar-refractivity contribution in [2.75, 3.05) is 10.6 Å². The lowest BCUT2D eigenvalue weighted by atomic mass is 10.1. The Kier molecular flexibility index (Phi) is 3.13. The van der Waals surface area contributed by atoms with Gasteiger partial charge in [-0.3, -0.25) is 4.79 Å². The Morgan fingerprint density at radius 1 is 1.16 bits per heavy atom. The molecule has 96 valence electrons. The maximum Gasteiger partial charge on any atom is 0.247 e.